The van der Waals surface area contributed by atoms with Crippen molar-refractivity contribution in [3.05, 3.63) is 45.9 Å². The Bertz CT molecular complexity index is 819. The van der Waals surface area contributed by atoms with Crippen molar-refractivity contribution in [2.75, 3.05) is 13.1 Å². The van der Waals surface area contributed by atoms with Crippen LogP contribution < -0.4 is 4.74 Å². The Morgan fingerprint density at radius 1 is 1.42 bits per heavy atom. The number of likely N-dealkylation sites (tertiary alicyclic amines) is 1. The lowest BCUT2D eigenvalue weighted by Crippen LogP contribution is -2.48. The zero-order valence-corrected chi connectivity index (χ0v) is 15.7. The van der Waals surface area contributed by atoms with Crippen LogP contribution in [0.4, 0.5) is 0 Å². The van der Waals surface area contributed by atoms with Crippen LogP contribution in [0.5, 0.6) is 5.75 Å². The molecule has 1 saturated heterocycles. The molecule has 3 rings (SSSR count). The second-order valence-electron chi connectivity index (χ2n) is 6.87. The molecule has 0 bridgehead atoms. The molecule has 7 heteroatoms. The molecule has 2 heterocycles. The number of carboxylic acid groups (broad SMARTS) is 1. The van der Waals surface area contributed by atoms with Crippen molar-refractivity contribution in [2.24, 2.45) is 5.41 Å². The summed E-state index contributed by atoms with van der Waals surface area (Å²) in [6, 6.07) is 7.01. The zero-order chi connectivity index (χ0) is 18.7. The number of aromatic nitrogens is 1. The van der Waals surface area contributed by atoms with Crippen LogP contribution in [0.15, 0.2) is 29.6 Å². The predicted octanol–water partition coefficient (Wildman–Crippen LogP) is 3.36. The number of ether oxygens (including phenoxy) is 1. The number of aryl methyl sites for hydroxylation is 1. The number of benzene rings is 1. The number of rotatable bonds is 5. The summed E-state index contributed by atoms with van der Waals surface area (Å²) in [7, 11) is 0. The number of carbonyl (C=O) groups excluding carboxylic acids is 1. The molecule has 1 aliphatic heterocycles. The number of carbonyl (C=O) groups is 2. The first-order chi connectivity index (χ1) is 12.4. The lowest BCUT2D eigenvalue weighted by Gasteiger charge is -2.37. The highest BCUT2D eigenvalue weighted by molar-refractivity contribution is 7.09. The van der Waals surface area contributed by atoms with Crippen LogP contribution in [0.25, 0.3) is 0 Å². The second-order valence-corrected chi connectivity index (χ2v) is 7.93. The molecule has 26 heavy (non-hydrogen) atoms. The van der Waals surface area contributed by atoms with Gasteiger partial charge in [0.2, 0.25) is 0 Å². The number of hydrogen-bond acceptors (Lipinski definition) is 5. The normalized spacial score (nSPS) is 20.0. The molecule has 138 valence electrons. The number of amides is 1. The average Bonchev–Trinajstić information content (AvgIpc) is 3.05. The Hall–Kier alpha value is -2.41. The Labute approximate surface area is 156 Å². The summed E-state index contributed by atoms with van der Waals surface area (Å²) >= 11 is 1.57. The lowest BCUT2D eigenvalue weighted by molar-refractivity contribution is -0.150. The molecule has 1 unspecified atom stereocenters. The van der Waals surface area contributed by atoms with Crippen molar-refractivity contribution in [3.63, 3.8) is 0 Å². The number of piperidine rings is 1. The van der Waals surface area contributed by atoms with E-state index in [2.05, 4.69) is 4.98 Å². The van der Waals surface area contributed by atoms with Gasteiger partial charge in [-0.05, 0) is 44.9 Å². The molecule has 0 saturated carbocycles. The molecule has 0 aliphatic carbocycles. The monoisotopic (exact) mass is 374 g/mol. The van der Waals surface area contributed by atoms with Crippen LogP contribution in [0.2, 0.25) is 0 Å². The Morgan fingerprint density at radius 3 is 2.92 bits per heavy atom. The van der Waals surface area contributed by atoms with Crippen molar-refractivity contribution in [2.45, 2.75) is 33.3 Å². The minimum absolute atomic E-state index is 0.160. The molecule has 1 aromatic carbocycles. The van der Waals surface area contributed by atoms with Crippen LogP contribution >= 0.6 is 11.3 Å². The number of carboxylic acids is 1. The molecule has 6 nitrogen and oxygen atoms in total. The van der Waals surface area contributed by atoms with Gasteiger partial charge in [0.05, 0.1) is 16.1 Å². The van der Waals surface area contributed by atoms with Crippen LogP contribution in [0, 0.1) is 12.3 Å². The molecular weight excluding hydrogens is 352 g/mol. The van der Waals surface area contributed by atoms with Gasteiger partial charge < -0.3 is 14.7 Å². The third kappa shape index (κ3) is 4.04. The van der Waals surface area contributed by atoms with Gasteiger partial charge in [0.1, 0.15) is 12.4 Å². The first-order valence-corrected chi connectivity index (χ1v) is 9.42. The highest BCUT2D eigenvalue weighted by Gasteiger charge is 2.39. The molecule has 1 N–H and O–H groups in total. The van der Waals surface area contributed by atoms with Gasteiger partial charge in [-0.1, -0.05) is 6.07 Å². The average molecular weight is 374 g/mol. The van der Waals surface area contributed by atoms with E-state index in [0.717, 1.165) is 10.7 Å². The largest absolute Gasteiger partial charge is 0.487 e. The Balaban J connectivity index is 1.68. The smallest absolute Gasteiger partial charge is 0.311 e. The maximum atomic E-state index is 12.8. The first kappa shape index (κ1) is 18.4. The SMILES string of the molecule is Cc1nc(COc2cccc(C(=O)N3CCCC(C)(C(=O)O)C3)c2)cs1. The van der Waals surface area contributed by atoms with E-state index in [1.165, 1.54) is 0 Å². The predicted molar refractivity (Wildman–Crippen MR) is 98.5 cm³/mol. The summed E-state index contributed by atoms with van der Waals surface area (Å²) in [5, 5.41) is 12.4. The van der Waals surface area contributed by atoms with Gasteiger partial charge in [0.25, 0.3) is 5.91 Å². The highest BCUT2D eigenvalue weighted by Crippen LogP contribution is 2.30. The molecule has 1 atom stereocenters. The summed E-state index contributed by atoms with van der Waals surface area (Å²) in [6.45, 7) is 4.79. The lowest BCUT2D eigenvalue weighted by atomic mass is 9.82. The number of aliphatic carboxylic acids is 1. The quantitative estimate of drug-likeness (QED) is 0.868. The number of hydrogen-bond donors (Lipinski definition) is 1. The Kier molecular flexibility index (Phi) is 5.27. The van der Waals surface area contributed by atoms with E-state index in [4.69, 9.17) is 4.74 Å². The molecule has 1 aromatic heterocycles. The molecule has 1 aliphatic rings. The number of nitrogens with zero attached hydrogens (tertiary/aromatic N) is 2. The van der Waals surface area contributed by atoms with Crippen molar-refractivity contribution in [1.29, 1.82) is 0 Å². The summed E-state index contributed by atoms with van der Waals surface area (Å²) in [6.07, 6.45) is 1.27. The molecule has 2 aromatic rings. The summed E-state index contributed by atoms with van der Waals surface area (Å²) < 4.78 is 5.74. The van der Waals surface area contributed by atoms with Crippen LogP contribution in [-0.2, 0) is 11.4 Å². The zero-order valence-electron chi connectivity index (χ0n) is 14.9. The third-order valence-corrected chi connectivity index (χ3v) is 5.46. The van der Waals surface area contributed by atoms with Crippen molar-refractivity contribution in [3.8, 4) is 5.75 Å². The maximum absolute atomic E-state index is 12.8. The maximum Gasteiger partial charge on any atom is 0.311 e. The van der Waals surface area contributed by atoms with Crippen molar-refractivity contribution in [1.82, 2.24) is 9.88 Å². The van der Waals surface area contributed by atoms with Crippen LogP contribution in [0.3, 0.4) is 0 Å². The summed E-state index contributed by atoms with van der Waals surface area (Å²) in [5.74, 6) is -0.419. The minimum atomic E-state index is -0.884. The summed E-state index contributed by atoms with van der Waals surface area (Å²) in [4.78, 5) is 30.3. The van der Waals surface area contributed by atoms with Gasteiger partial charge in [-0.2, -0.15) is 0 Å². The van der Waals surface area contributed by atoms with Crippen molar-refractivity contribution < 1.29 is 19.4 Å². The fraction of sp³-hybridized carbons (Fsp3) is 0.421. The van der Waals surface area contributed by atoms with Gasteiger partial charge in [-0.3, -0.25) is 9.59 Å². The second kappa shape index (κ2) is 7.45. The van der Waals surface area contributed by atoms with E-state index in [0.29, 0.717) is 37.3 Å². The molecule has 0 spiro atoms. The van der Waals surface area contributed by atoms with E-state index in [9.17, 15) is 14.7 Å². The first-order valence-electron chi connectivity index (χ1n) is 8.54. The third-order valence-electron chi connectivity index (χ3n) is 4.63. The fourth-order valence-corrected chi connectivity index (χ4v) is 3.72. The van der Waals surface area contributed by atoms with E-state index < -0.39 is 11.4 Å². The van der Waals surface area contributed by atoms with Crippen LogP contribution in [-0.4, -0.2) is 40.0 Å². The minimum Gasteiger partial charge on any atom is -0.487 e. The fourth-order valence-electron chi connectivity index (χ4n) is 3.12. The van der Waals surface area contributed by atoms with Crippen molar-refractivity contribution >= 4 is 23.2 Å². The van der Waals surface area contributed by atoms with Gasteiger partial charge in [0, 0.05) is 24.0 Å². The van der Waals surface area contributed by atoms with Gasteiger partial charge >= 0.3 is 5.97 Å². The van der Waals surface area contributed by atoms with Gasteiger partial charge in [-0.15, -0.1) is 11.3 Å². The highest BCUT2D eigenvalue weighted by atomic mass is 32.1. The molecule has 1 amide bonds. The molecule has 1 fully saturated rings. The van der Waals surface area contributed by atoms with E-state index in [1.807, 2.05) is 12.3 Å². The van der Waals surface area contributed by atoms with E-state index >= 15 is 0 Å². The Morgan fingerprint density at radius 2 is 2.23 bits per heavy atom. The number of thiazole rings is 1. The molecule has 0 radical (unpaired) electrons. The summed E-state index contributed by atoms with van der Waals surface area (Å²) in [5.41, 5.74) is 0.480. The standard InChI is InChI=1S/C19H22N2O4S/c1-13-20-15(11-26-13)10-25-16-6-3-5-14(9-16)17(22)21-8-4-7-19(2,12-21)18(23)24/h3,5-6,9,11H,4,7-8,10,12H2,1-2H3,(H,23,24). The van der Waals surface area contributed by atoms with Crippen LogP contribution in [0.1, 0.15) is 40.8 Å². The van der Waals surface area contributed by atoms with Gasteiger partial charge in [0.15, 0.2) is 0 Å². The van der Waals surface area contributed by atoms with E-state index in [-0.39, 0.29) is 12.5 Å². The van der Waals surface area contributed by atoms with E-state index in [1.54, 1.807) is 47.4 Å². The van der Waals surface area contributed by atoms with Gasteiger partial charge in [-0.25, -0.2) is 4.98 Å². The topological polar surface area (TPSA) is 79.7 Å². The molecular formula is C19H22N2O4S.